The summed E-state index contributed by atoms with van der Waals surface area (Å²) in [5.74, 6) is 2.77. The minimum atomic E-state index is -0.0833. The molecule has 0 amide bonds. The number of carbonyl (C=O) groups excluding carboxylic acids is 1. The van der Waals surface area contributed by atoms with Gasteiger partial charge in [0.15, 0.2) is 28.8 Å². The first-order chi connectivity index (χ1) is 20.2. The fraction of sp³-hybridized carbons (Fsp3) is 0.242. The van der Waals surface area contributed by atoms with E-state index in [4.69, 9.17) is 24.3 Å². The number of benzene rings is 3. The van der Waals surface area contributed by atoms with Gasteiger partial charge in [-0.15, -0.1) is 0 Å². The monoisotopic (exact) mass is 546 g/mol. The molecule has 2 aliphatic heterocycles. The Balaban J connectivity index is 1.07. The molecule has 0 N–H and O–H groups in total. The molecule has 5 aromatic rings. The van der Waals surface area contributed by atoms with Crippen LogP contribution in [0.1, 0.15) is 40.2 Å². The maximum Gasteiger partial charge on any atom is 0.231 e. The van der Waals surface area contributed by atoms with E-state index < -0.39 is 0 Å². The molecule has 0 radical (unpaired) electrons. The second-order valence-corrected chi connectivity index (χ2v) is 10.4. The molecule has 0 bridgehead atoms. The van der Waals surface area contributed by atoms with E-state index in [-0.39, 0.29) is 12.6 Å². The molecule has 4 heterocycles. The number of ketones is 1. The van der Waals surface area contributed by atoms with Crippen LogP contribution in [0.15, 0.2) is 84.9 Å². The van der Waals surface area contributed by atoms with Crippen molar-refractivity contribution in [3.8, 4) is 28.5 Å². The molecule has 8 nitrogen and oxygen atoms in total. The van der Waals surface area contributed by atoms with E-state index >= 15 is 0 Å². The SMILES string of the molecule is O=C(c1cccc(-c2cccc3nc(Cc4ccc(OCCN5CCCC5)cc4)nn23)c1)c1ccc2c(c1)OCO2. The van der Waals surface area contributed by atoms with Gasteiger partial charge in [-0.25, -0.2) is 9.50 Å². The Labute approximate surface area is 238 Å². The number of carbonyl (C=O) groups is 1. The molecule has 8 heteroatoms. The highest BCUT2D eigenvalue weighted by Crippen LogP contribution is 2.33. The molecule has 206 valence electrons. The largest absolute Gasteiger partial charge is 0.492 e. The highest BCUT2D eigenvalue weighted by molar-refractivity contribution is 6.09. The van der Waals surface area contributed by atoms with E-state index in [0.29, 0.717) is 35.7 Å². The van der Waals surface area contributed by atoms with E-state index in [2.05, 4.69) is 17.0 Å². The molecule has 2 aromatic heterocycles. The molecule has 1 saturated heterocycles. The number of fused-ring (bicyclic) bond motifs is 2. The van der Waals surface area contributed by atoms with Crippen LogP contribution in [-0.2, 0) is 6.42 Å². The van der Waals surface area contributed by atoms with E-state index in [0.717, 1.165) is 40.6 Å². The van der Waals surface area contributed by atoms with Crippen LogP contribution in [0.3, 0.4) is 0 Å². The Morgan fingerprint density at radius 3 is 2.54 bits per heavy atom. The number of rotatable bonds is 9. The Morgan fingerprint density at radius 2 is 1.66 bits per heavy atom. The van der Waals surface area contributed by atoms with E-state index in [1.807, 2.05) is 59.1 Å². The van der Waals surface area contributed by atoms with Gasteiger partial charge in [0.1, 0.15) is 12.4 Å². The smallest absolute Gasteiger partial charge is 0.231 e. The van der Waals surface area contributed by atoms with E-state index in [9.17, 15) is 4.79 Å². The zero-order chi connectivity index (χ0) is 27.6. The summed E-state index contributed by atoms with van der Waals surface area (Å²) in [5, 5.41) is 4.83. The average molecular weight is 547 g/mol. The summed E-state index contributed by atoms with van der Waals surface area (Å²) in [6.45, 7) is 4.22. The second-order valence-electron chi connectivity index (χ2n) is 10.4. The molecule has 3 aromatic carbocycles. The summed E-state index contributed by atoms with van der Waals surface area (Å²) in [5.41, 5.74) is 4.76. The minimum Gasteiger partial charge on any atom is -0.492 e. The Morgan fingerprint density at radius 1 is 0.854 bits per heavy atom. The van der Waals surface area contributed by atoms with Gasteiger partial charge in [-0.1, -0.05) is 36.4 Å². The lowest BCUT2D eigenvalue weighted by molar-refractivity contribution is 0.103. The van der Waals surface area contributed by atoms with Gasteiger partial charge in [-0.05, 0) is 80.0 Å². The predicted octanol–water partition coefficient (Wildman–Crippen LogP) is 5.42. The number of hydrogen-bond acceptors (Lipinski definition) is 7. The highest BCUT2D eigenvalue weighted by Gasteiger charge is 2.18. The van der Waals surface area contributed by atoms with Crippen molar-refractivity contribution in [3.05, 3.63) is 107 Å². The minimum absolute atomic E-state index is 0.0833. The number of nitrogens with zero attached hydrogens (tertiary/aromatic N) is 4. The van der Waals surface area contributed by atoms with Crippen molar-refractivity contribution in [1.29, 1.82) is 0 Å². The lowest BCUT2D eigenvalue weighted by atomic mass is 10.00. The molecule has 0 unspecified atom stereocenters. The highest BCUT2D eigenvalue weighted by atomic mass is 16.7. The van der Waals surface area contributed by atoms with E-state index in [1.54, 1.807) is 18.2 Å². The summed E-state index contributed by atoms with van der Waals surface area (Å²) in [4.78, 5) is 20.5. The Hall–Kier alpha value is -4.69. The fourth-order valence-corrected chi connectivity index (χ4v) is 5.45. The van der Waals surface area contributed by atoms with Crippen molar-refractivity contribution in [2.75, 3.05) is 33.0 Å². The summed E-state index contributed by atoms with van der Waals surface area (Å²) < 4.78 is 18.6. The molecule has 0 spiro atoms. The zero-order valence-electron chi connectivity index (χ0n) is 22.7. The van der Waals surface area contributed by atoms with Gasteiger partial charge < -0.3 is 14.2 Å². The first-order valence-electron chi connectivity index (χ1n) is 14.0. The van der Waals surface area contributed by atoms with Crippen molar-refractivity contribution < 1.29 is 19.0 Å². The Bertz CT molecular complexity index is 1710. The van der Waals surface area contributed by atoms with Crippen molar-refractivity contribution in [2.24, 2.45) is 0 Å². The van der Waals surface area contributed by atoms with Gasteiger partial charge in [0.2, 0.25) is 6.79 Å². The summed E-state index contributed by atoms with van der Waals surface area (Å²) in [6.07, 6.45) is 3.20. The molecule has 0 aliphatic carbocycles. The lowest BCUT2D eigenvalue weighted by Crippen LogP contribution is -2.25. The van der Waals surface area contributed by atoms with Crippen LogP contribution < -0.4 is 14.2 Å². The zero-order valence-corrected chi connectivity index (χ0v) is 22.7. The normalized spacial score (nSPS) is 14.5. The van der Waals surface area contributed by atoms with Crippen LogP contribution in [0.2, 0.25) is 0 Å². The molecule has 1 fully saturated rings. The Kier molecular flexibility index (Phi) is 6.82. The summed E-state index contributed by atoms with van der Waals surface area (Å²) in [6, 6.07) is 26.9. The number of likely N-dealkylation sites (tertiary alicyclic amines) is 1. The van der Waals surface area contributed by atoms with Gasteiger partial charge in [0.25, 0.3) is 0 Å². The second kappa shape index (κ2) is 11.1. The molecule has 2 aliphatic rings. The van der Waals surface area contributed by atoms with Crippen LogP contribution in [-0.4, -0.2) is 58.3 Å². The quantitative estimate of drug-likeness (QED) is 0.229. The van der Waals surface area contributed by atoms with Crippen LogP contribution >= 0.6 is 0 Å². The molecule has 0 saturated carbocycles. The van der Waals surface area contributed by atoms with E-state index in [1.165, 1.54) is 25.9 Å². The molecular formula is C33H30N4O4. The van der Waals surface area contributed by atoms with Gasteiger partial charge in [-0.3, -0.25) is 9.69 Å². The van der Waals surface area contributed by atoms with Gasteiger partial charge in [0.05, 0.1) is 5.69 Å². The van der Waals surface area contributed by atoms with Gasteiger partial charge in [-0.2, -0.15) is 5.10 Å². The first-order valence-corrected chi connectivity index (χ1v) is 14.0. The standard InChI is InChI=1S/C33H30N4O4/c38-33(26-11-14-29-30(21-26)41-22-40-29)25-6-3-5-24(20-25)28-7-4-8-32-34-31(35-37(28)32)19-23-9-12-27(13-10-23)39-18-17-36-15-1-2-16-36/h3-14,20-21H,1-2,15-19,22H2. The molecule has 41 heavy (non-hydrogen) atoms. The molecular weight excluding hydrogens is 516 g/mol. The maximum absolute atomic E-state index is 13.3. The topological polar surface area (TPSA) is 78.2 Å². The summed E-state index contributed by atoms with van der Waals surface area (Å²) in [7, 11) is 0. The number of hydrogen-bond donors (Lipinski definition) is 0. The maximum atomic E-state index is 13.3. The van der Waals surface area contributed by atoms with Crippen LogP contribution in [0.5, 0.6) is 17.2 Å². The predicted molar refractivity (Wildman–Crippen MR) is 155 cm³/mol. The van der Waals surface area contributed by atoms with Crippen LogP contribution in [0, 0.1) is 0 Å². The third-order valence-corrected chi connectivity index (χ3v) is 7.62. The van der Waals surface area contributed by atoms with Crippen LogP contribution in [0.4, 0.5) is 0 Å². The average Bonchev–Trinajstić information content (AvgIpc) is 3.78. The fourth-order valence-electron chi connectivity index (χ4n) is 5.45. The van der Waals surface area contributed by atoms with Gasteiger partial charge >= 0.3 is 0 Å². The summed E-state index contributed by atoms with van der Waals surface area (Å²) >= 11 is 0. The third-order valence-electron chi connectivity index (χ3n) is 7.62. The lowest BCUT2D eigenvalue weighted by Gasteiger charge is -2.14. The number of pyridine rings is 1. The third kappa shape index (κ3) is 5.38. The van der Waals surface area contributed by atoms with Crippen molar-refractivity contribution in [2.45, 2.75) is 19.3 Å². The van der Waals surface area contributed by atoms with Gasteiger partial charge in [0, 0.05) is 29.7 Å². The number of ether oxygens (including phenoxy) is 3. The van der Waals surface area contributed by atoms with Crippen molar-refractivity contribution in [3.63, 3.8) is 0 Å². The molecule has 7 rings (SSSR count). The van der Waals surface area contributed by atoms with Crippen molar-refractivity contribution >= 4 is 11.4 Å². The number of aromatic nitrogens is 3. The van der Waals surface area contributed by atoms with Crippen molar-refractivity contribution in [1.82, 2.24) is 19.5 Å². The first kappa shape index (κ1) is 25.3. The molecule has 0 atom stereocenters. The van der Waals surface area contributed by atoms with Crippen LogP contribution in [0.25, 0.3) is 16.9 Å².